The maximum atomic E-state index is 5.67. The van der Waals surface area contributed by atoms with Gasteiger partial charge < -0.3 is 10.5 Å². The summed E-state index contributed by atoms with van der Waals surface area (Å²) in [4.78, 5) is 0. The summed E-state index contributed by atoms with van der Waals surface area (Å²) in [5.41, 5.74) is 11.6. The van der Waals surface area contributed by atoms with E-state index in [9.17, 15) is 0 Å². The van der Waals surface area contributed by atoms with Crippen LogP contribution in [0, 0.1) is 20.8 Å². The molecule has 0 unspecified atom stereocenters. The van der Waals surface area contributed by atoms with Crippen LogP contribution < -0.4 is 10.5 Å². The van der Waals surface area contributed by atoms with E-state index in [0.717, 1.165) is 30.0 Å². The number of hydrogen-bond donors (Lipinski definition) is 1. The molecular weight excluding hydrogens is 250 g/mol. The van der Waals surface area contributed by atoms with E-state index in [4.69, 9.17) is 10.5 Å². The van der Waals surface area contributed by atoms with Crippen LogP contribution in [0.5, 0.6) is 5.75 Å². The molecule has 0 aliphatic heterocycles. The summed E-state index contributed by atoms with van der Waals surface area (Å²) in [7, 11) is 1.70. The van der Waals surface area contributed by atoms with Crippen LogP contribution in [0.25, 0.3) is 0 Å². The van der Waals surface area contributed by atoms with E-state index in [1.807, 2.05) is 17.7 Å². The molecule has 4 nitrogen and oxygen atoms in total. The van der Waals surface area contributed by atoms with Crippen molar-refractivity contribution in [1.29, 1.82) is 0 Å². The molecule has 20 heavy (non-hydrogen) atoms. The Morgan fingerprint density at radius 1 is 1.25 bits per heavy atom. The zero-order valence-corrected chi connectivity index (χ0v) is 12.7. The predicted molar refractivity (Wildman–Crippen MR) is 81.3 cm³/mol. The van der Waals surface area contributed by atoms with Crippen molar-refractivity contribution in [1.82, 2.24) is 9.78 Å². The zero-order valence-electron chi connectivity index (χ0n) is 12.7. The first-order chi connectivity index (χ1) is 9.56. The van der Waals surface area contributed by atoms with Gasteiger partial charge in [-0.2, -0.15) is 5.10 Å². The van der Waals surface area contributed by atoms with Gasteiger partial charge in [-0.05, 0) is 45.4 Å². The lowest BCUT2D eigenvalue weighted by atomic mass is 10.1. The summed E-state index contributed by atoms with van der Waals surface area (Å²) in [5.74, 6) is 0.906. The van der Waals surface area contributed by atoms with Gasteiger partial charge in [0, 0.05) is 11.3 Å². The molecule has 0 atom stereocenters. The molecule has 4 heteroatoms. The average molecular weight is 273 g/mol. The molecule has 0 aliphatic rings. The highest BCUT2D eigenvalue weighted by atomic mass is 16.5. The lowest BCUT2D eigenvalue weighted by Crippen LogP contribution is -2.07. The summed E-state index contributed by atoms with van der Waals surface area (Å²) < 4.78 is 7.48. The Morgan fingerprint density at radius 3 is 2.65 bits per heavy atom. The first-order valence-electron chi connectivity index (χ1n) is 6.93. The number of methoxy groups -OCH3 is 1. The molecule has 2 N–H and O–H groups in total. The predicted octanol–water partition coefficient (Wildman–Crippen LogP) is 2.37. The molecule has 0 radical (unpaired) electrons. The van der Waals surface area contributed by atoms with Crippen molar-refractivity contribution < 1.29 is 4.74 Å². The smallest absolute Gasteiger partial charge is 0.123 e. The van der Waals surface area contributed by atoms with E-state index in [0.29, 0.717) is 6.54 Å². The standard InChI is InChI=1S/C16H23N3O/c1-11-5-6-16(20-4)14(9-11)10-19-13(3)15(7-8-17)12(2)18-19/h5-6,9H,7-8,10,17H2,1-4H3. The second-order valence-corrected chi connectivity index (χ2v) is 5.16. The quantitative estimate of drug-likeness (QED) is 0.910. The Balaban J connectivity index is 2.35. The Morgan fingerprint density at radius 2 is 2.00 bits per heavy atom. The Kier molecular flexibility index (Phi) is 4.45. The van der Waals surface area contributed by atoms with Crippen LogP contribution in [-0.4, -0.2) is 23.4 Å². The van der Waals surface area contributed by atoms with Gasteiger partial charge in [-0.1, -0.05) is 17.7 Å². The van der Waals surface area contributed by atoms with Crippen molar-refractivity contribution in [2.75, 3.05) is 13.7 Å². The normalized spacial score (nSPS) is 10.8. The van der Waals surface area contributed by atoms with E-state index in [2.05, 4.69) is 31.1 Å². The second-order valence-electron chi connectivity index (χ2n) is 5.16. The molecule has 2 aromatic rings. The summed E-state index contributed by atoms with van der Waals surface area (Å²) in [6.45, 7) is 7.61. The summed E-state index contributed by atoms with van der Waals surface area (Å²) in [6.07, 6.45) is 0.878. The molecular formula is C16H23N3O. The molecule has 0 amide bonds. The Labute approximate surface area is 120 Å². The molecule has 0 spiro atoms. The number of benzene rings is 1. The molecule has 2 rings (SSSR count). The average Bonchev–Trinajstić information content (AvgIpc) is 2.67. The van der Waals surface area contributed by atoms with Crippen LogP contribution in [0.2, 0.25) is 0 Å². The van der Waals surface area contributed by atoms with Crippen LogP contribution in [0.4, 0.5) is 0 Å². The number of nitrogens with zero attached hydrogens (tertiary/aromatic N) is 2. The molecule has 0 saturated carbocycles. The Hall–Kier alpha value is -1.81. The highest BCUT2D eigenvalue weighted by molar-refractivity contribution is 5.37. The number of aryl methyl sites for hydroxylation is 2. The largest absolute Gasteiger partial charge is 0.496 e. The van der Waals surface area contributed by atoms with E-state index < -0.39 is 0 Å². The molecule has 0 saturated heterocycles. The van der Waals surface area contributed by atoms with Crippen molar-refractivity contribution >= 4 is 0 Å². The van der Waals surface area contributed by atoms with E-state index in [-0.39, 0.29) is 0 Å². The SMILES string of the molecule is COc1ccc(C)cc1Cn1nc(C)c(CCN)c1C. The third-order valence-corrected chi connectivity index (χ3v) is 3.68. The summed E-state index contributed by atoms with van der Waals surface area (Å²) in [5, 5.41) is 4.63. The molecule has 108 valence electrons. The molecule has 0 fully saturated rings. The Bertz CT molecular complexity index is 602. The van der Waals surface area contributed by atoms with E-state index in [1.54, 1.807) is 7.11 Å². The minimum atomic E-state index is 0.654. The van der Waals surface area contributed by atoms with Crippen molar-refractivity contribution in [2.45, 2.75) is 33.7 Å². The molecule has 1 heterocycles. The molecule has 0 bridgehead atoms. The first kappa shape index (κ1) is 14.6. The topological polar surface area (TPSA) is 53.1 Å². The number of rotatable bonds is 5. The van der Waals surface area contributed by atoms with Crippen molar-refractivity contribution in [3.8, 4) is 5.75 Å². The van der Waals surface area contributed by atoms with Gasteiger partial charge in [-0.25, -0.2) is 0 Å². The molecule has 0 aliphatic carbocycles. The minimum absolute atomic E-state index is 0.654. The second kappa shape index (κ2) is 6.09. The van der Waals surface area contributed by atoms with Crippen LogP contribution in [-0.2, 0) is 13.0 Å². The zero-order chi connectivity index (χ0) is 14.7. The maximum absolute atomic E-state index is 5.67. The monoisotopic (exact) mass is 273 g/mol. The summed E-state index contributed by atoms with van der Waals surface area (Å²) in [6, 6.07) is 6.22. The van der Waals surface area contributed by atoms with E-state index in [1.165, 1.54) is 16.8 Å². The van der Waals surface area contributed by atoms with Gasteiger partial charge in [-0.3, -0.25) is 4.68 Å². The fourth-order valence-corrected chi connectivity index (χ4v) is 2.59. The van der Waals surface area contributed by atoms with Crippen LogP contribution >= 0.6 is 0 Å². The van der Waals surface area contributed by atoms with Crippen molar-refractivity contribution in [3.63, 3.8) is 0 Å². The van der Waals surface area contributed by atoms with Crippen LogP contribution in [0.15, 0.2) is 18.2 Å². The minimum Gasteiger partial charge on any atom is -0.496 e. The van der Waals surface area contributed by atoms with Crippen LogP contribution in [0.3, 0.4) is 0 Å². The van der Waals surface area contributed by atoms with Gasteiger partial charge in [0.05, 0.1) is 19.3 Å². The highest BCUT2D eigenvalue weighted by Gasteiger charge is 2.12. The van der Waals surface area contributed by atoms with Gasteiger partial charge in [0.2, 0.25) is 0 Å². The third-order valence-electron chi connectivity index (χ3n) is 3.68. The van der Waals surface area contributed by atoms with Gasteiger partial charge >= 0.3 is 0 Å². The number of hydrogen-bond acceptors (Lipinski definition) is 3. The maximum Gasteiger partial charge on any atom is 0.123 e. The van der Waals surface area contributed by atoms with E-state index >= 15 is 0 Å². The number of nitrogens with two attached hydrogens (primary N) is 1. The van der Waals surface area contributed by atoms with Crippen molar-refractivity contribution in [2.24, 2.45) is 5.73 Å². The van der Waals surface area contributed by atoms with Gasteiger partial charge in [0.1, 0.15) is 5.75 Å². The fraction of sp³-hybridized carbons (Fsp3) is 0.438. The van der Waals surface area contributed by atoms with Gasteiger partial charge in [-0.15, -0.1) is 0 Å². The first-order valence-corrected chi connectivity index (χ1v) is 6.93. The molecule has 1 aromatic carbocycles. The lowest BCUT2D eigenvalue weighted by Gasteiger charge is -2.11. The highest BCUT2D eigenvalue weighted by Crippen LogP contribution is 2.22. The lowest BCUT2D eigenvalue weighted by molar-refractivity contribution is 0.407. The molecule has 1 aromatic heterocycles. The fourth-order valence-electron chi connectivity index (χ4n) is 2.59. The summed E-state index contributed by atoms with van der Waals surface area (Å²) >= 11 is 0. The number of aromatic nitrogens is 2. The van der Waals surface area contributed by atoms with Crippen molar-refractivity contribution in [3.05, 3.63) is 46.3 Å². The van der Waals surface area contributed by atoms with Gasteiger partial charge in [0.25, 0.3) is 0 Å². The van der Waals surface area contributed by atoms with Crippen LogP contribution in [0.1, 0.15) is 28.1 Å². The third kappa shape index (κ3) is 2.85. The number of ether oxygens (including phenoxy) is 1. The van der Waals surface area contributed by atoms with Gasteiger partial charge in [0.15, 0.2) is 0 Å².